The number of nitrogens with zero attached hydrogens (tertiary/aromatic N) is 2. The molecule has 2 aromatic rings. The standard InChI is InChI=1S/C22H26FN3O2/c1-15-4-5-16(2)20(12-15)24-22(28)14-25-8-10-26(11-9-25)21-7-6-18(17(3)27)13-19(21)23/h4-7,12-13H,8-11,14H2,1-3H3,(H,24,28). The summed E-state index contributed by atoms with van der Waals surface area (Å²) in [5.41, 5.74) is 3.87. The largest absolute Gasteiger partial charge is 0.367 e. The summed E-state index contributed by atoms with van der Waals surface area (Å²) in [4.78, 5) is 27.8. The number of amides is 1. The number of carbonyl (C=O) groups excluding carboxylic acids is 2. The van der Waals surface area contributed by atoms with E-state index in [1.807, 2.05) is 36.9 Å². The molecule has 0 radical (unpaired) electrons. The third-order valence-electron chi connectivity index (χ3n) is 5.10. The maximum Gasteiger partial charge on any atom is 0.238 e. The van der Waals surface area contributed by atoms with E-state index in [4.69, 9.17) is 0 Å². The van der Waals surface area contributed by atoms with E-state index in [1.54, 1.807) is 12.1 Å². The molecule has 1 aliphatic rings. The van der Waals surface area contributed by atoms with Crippen molar-refractivity contribution < 1.29 is 14.0 Å². The molecule has 0 bridgehead atoms. The van der Waals surface area contributed by atoms with Gasteiger partial charge in [-0.15, -0.1) is 0 Å². The molecule has 0 atom stereocenters. The monoisotopic (exact) mass is 383 g/mol. The predicted octanol–water partition coefficient (Wildman–Crippen LogP) is 3.41. The number of hydrogen-bond acceptors (Lipinski definition) is 4. The average molecular weight is 383 g/mol. The Morgan fingerprint density at radius 1 is 1.04 bits per heavy atom. The lowest BCUT2D eigenvalue weighted by Crippen LogP contribution is -2.49. The Labute approximate surface area is 165 Å². The molecule has 1 heterocycles. The van der Waals surface area contributed by atoms with Gasteiger partial charge in [0.05, 0.1) is 12.2 Å². The van der Waals surface area contributed by atoms with E-state index in [9.17, 15) is 14.0 Å². The van der Waals surface area contributed by atoms with Gasteiger partial charge in [0.1, 0.15) is 5.82 Å². The van der Waals surface area contributed by atoms with E-state index < -0.39 is 0 Å². The van der Waals surface area contributed by atoms with Crippen LogP contribution in [0.25, 0.3) is 0 Å². The number of benzene rings is 2. The molecule has 2 aromatic carbocycles. The normalized spacial score (nSPS) is 14.8. The fourth-order valence-corrected chi connectivity index (χ4v) is 3.39. The first-order valence-electron chi connectivity index (χ1n) is 9.48. The summed E-state index contributed by atoms with van der Waals surface area (Å²) in [6, 6.07) is 10.6. The molecule has 1 amide bonds. The summed E-state index contributed by atoms with van der Waals surface area (Å²) in [6.45, 7) is 8.32. The highest BCUT2D eigenvalue weighted by Gasteiger charge is 2.21. The Bertz CT molecular complexity index is 889. The van der Waals surface area contributed by atoms with Gasteiger partial charge in [0.15, 0.2) is 5.78 Å². The Morgan fingerprint density at radius 2 is 1.75 bits per heavy atom. The molecule has 0 saturated carbocycles. The first kappa shape index (κ1) is 20.0. The lowest BCUT2D eigenvalue weighted by Gasteiger charge is -2.35. The Balaban J connectivity index is 1.55. The lowest BCUT2D eigenvalue weighted by atomic mass is 10.1. The minimum absolute atomic E-state index is 0.0425. The number of halogens is 1. The zero-order valence-corrected chi connectivity index (χ0v) is 16.6. The van der Waals surface area contributed by atoms with E-state index in [0.29, 0.717) is 44.0 Å². The summed E-state index contributed by atoms with van der Waals surface area (Å²) in [6.07, 6.45) is 0. The van der Waals surface area contributed by atoms with Gasteiger partial charge >= 0.3 is 0 Å². The van der Waals surface area contributed by atoms with Crippen molar-refractivity contribution in [2.75, 3.05) is 42.9 Å². The summed E-state index contributed by atoms with van der Waals surface area (Å²) < 4.78 is 14.3. The number of nitrogens with one attached hydrogen (secondary N) is 1. The first-order chi connectivity index (χ1) is 13.3. The number of carbonyl (C=O) groups is 2. The maximum absolute atomic E-state index is 14.3. The summed E-state index contributed by atoms with van der Waals surface area (Å²) in [5, 5.41) is 2.98. The van der Waals surface area contributed by atoms with Gasteiger partial charge in [-0.1, -0.05) is 12.1 Å². The topological polar surface area (TPSA) is 52.7 Å². The quantitative estimate of drug-likeness (QED) is 0.804. The molecule has 5 nitrogen and oxygen atoms in total. The van der Waals surface area contributed by atoms with Crippen molar-refractivity contribution in [3.05, 3.63) is 58.9 Å². The predicted molar refractivity (Wildman–Crippen MR) is 110 cm³/mol. The van der Waals surface area contributed by atoms with Gasteiger partial charge < -0.3 is 10.2 Å². The highest BCUT2D eigenvalue weighted by molar-refractivity contribution is 5.94. The number of piperazine rings is 1. The van der Waals surface area contributed by atoms with Crippen LogP contribution in [0.3, 0.4) is 0 Å². The molecule has 1 fully saturated rings. The zero-order chi connectivity index (χ0) is 20.3. The molecule has 28 heavy (non-hydrogen) atoms. The van der Waals surface area contributed by atoms with Crippen molar-refractivity contribution in [2.24, 2.45) is 0 Å². The van der Waals surface area contributed by atoms with Crippen LogP contribution in [0.4, 0.5) is 15.8 Å². The van der Waals surface area contributed by atoms with Crippen LogP contribution in [0.5, 0.6) is 0 Å². The van der Waals surface area contributed by atoms with Crippen molar-refractivity contribution in [3.63, 3.8) is 0 Å². The van der Waals surface area contributed by atoms with E-state index in [0.717, 1.165) is 16.8 Å². The van der Waals surface area contributed by atoms with Crippen molar-refractivity contribution in [3.8, 4) is 0 Å². The Kier molecular flexibility index (Phi) is 6.09. The number of aryl methyl sites for hydroxylation is 2. The fraction of sp³-hybridized carbons (Fsp3) is 0.364. The fourth-order valence-electron chi connectivity index (χ4n) is 3.39. The van der Waals surface area contributed by atoms with Gasteiger partial charge in [-0.25, -0.2) is 4.39 Å². The van der Waals surface area contributed by atoms with Gasteiger partial charge in [0.25, 0.3) is 0 Å². The second-order valence-corrected chi connectivity index (χ2v) is 7.35. The van der Waals surface area contributed by atoms with Gasteiger partial charge in [-0.3, -0.25) is 14.5 Å². The molecule has 0 spiro atoms. The van der Waals surface area contributed by atoms with Crippen molar-refractivity contribution in [1.29, 1.82) is 0 Å². The molecule has 1 aliphatic heterocycles. The van der Waals surface area contributed by atoms with Gasteiger partial charge in [0.2, 0.25) is 5.91 Å². The minimum atomic E-state index is -0.381. The number of anilines is 2. The second-order valence-electron chi connectivity index (χ2n) is 7.35. The van der Waals surface area contributed by atoms with Crippen LogP contribution in [0, 0.1) is 19.7 Å². The smallest absolute Gasteiger partial charge is 0.238 e. The van der Waals surface area contributed by atoms with Crippen LogP contribution in [0.15, 0.2) is 36.4 Å². The van der Waals surface area contributed by atoms with E-state index >= 15 is 0 Å². The van der Waals surface area contributed by atoms with Crippen LogP contribution in [0.2, 0.25) is 0 Å². The van der Waals surface area contributed by atoms with Crippen LogP contribution < -0.4 is 10.2 Å². The van der Waals surface area contributed by atoms with E-state index in [2.05, 4.69) is 10.2 Å². The molecule has 6 heteroatoms. The van der Waals surface area contributed by atoms with Crippen LogP contribution >= 0.6 is 0 Å². The molecule has 148 valence electrons. The van der Waals surface area contributed by atoms with E-state index in [-0.39, 0.29) is 17.5 Å². The highest BCUT2D eigenvalue weighted by Crippen LogP contribution is 2.22. The van der Waals surface area contributed by atoms with E-state index in [1.165, 1.54) is 13.0 Å². The Hall–Kier alpha value is -2.73. The lowest BCUT2D eigenvalue weighted by molar-refractivity contribution is -0.117. The van der Waals surface area contributed by atoms with Crippen molar-refractivity contribution in [2.45, 2.75) is 20.8 Å². The summed E-state index contributed by atoms with van der Waals surface area (Å²) >= 11 is 0. The number of rotatable bonds is 5. The maximum atomic E-state index is 14.3. The van der Waals surface area contributed by atoms with Crippen LogP contribution in [-0.4, -0.2) is 49.3 Å². The molecule has 0 aromatic heterocycles. The zero-order valence-electron chi connectivity index (χ0n) is 16.6. The molecular formula is C22H26FN3O2. The Morgan fingerprint density at radius 3 is 2.39 bits per heavy atom. The second kappa shape index (κ2) is 8.52. The number of ketones is 1. The van der Waals surface area contributed by atoms with Gasteiger partial charge in [-0.2, -0.15) is 0 Å². The van der Waals surface area contributed by atoms with Gasteiger partial charge in [0, 0.05) is 37.4 Å². The van der Waals surface area contributed by atoms with Crippen molar-refractivity contribution >= 4 is 23.1 Å². The third-order valence-corrected chi connectivity index (χ3v) is 5.10. The minimum Gasteiger partial charge on any atom is -0.367 e. The molecule has 0 unspecified atom stereocenters. The molecule has 1 N–H and O–H groups in total. The summed E-state index contributed by atoms with van der Waals surface area (Å²) in [5.74, 6) is -0.571. The molecule has 3 rings (SSSR count). The number of Topliss-reactive ketones (excluding diaryl/α,β-unsaturated/α-hetero) is 1. The highest BCUT2D eigenvalue weighted by atomic mass is 19.1. The SMILES string of the molecule is CC(=O)c1ccc(N2CCN(CC(=O)Nc3cc(C)ccc3C)CC2)c(F)c1. The van der Waals surface area contributed by atoms with Crippen LogP contribution in [-0.2, 0) is 4.79 Å². The third kappa shape index (κ3) is 4.75. The molecule has 1 saturated heterocycles. The average Bonchev–Trinajstić information content (AvgIpc) is 2.65. The summed E-state index contributed by atoms with van der Waals surface area (Å²) in [7, 11) is 0. The number of hydrogen-bond donors (Lipinski definition) is 1. The molecular weight excluding hydrogens is 357 g/mol. The first-order valence-corrected chi connectivity index (χ1v) is 9.48. The van der Waals surface area contributed by atoms with Crippen molar-refractivity contribution in [1.82, 2.24) is 4.90 Å². The van der Waals surface area contributed by atoms with Gasteiger partial charge in [-0.05, 0) is 56.2 Å². The van der Waals surface area contributed by atoms with Crippen LogP contribution in [0.1, 0.15) is 28.4 Å². The molecule has 0 aliphatic carbocycles.